The molecule has 0 radical (unpaired) electrons. The Morgan fingerprint density at radius 2 is 1.90 bits per heavy atom. The number of aromatic amines is 1. The molecule has 0 spiro atoms. The number of fused-ring (bicyclic) bond motifs is 1. The van der Waals surface area contributed by atoms with E-state index in [2.05, 4.69) is 59.6 Å². The third-order valence-electron chi connectivity index (χ3n) is 3.86. The fourth-order valence-electron chi connectivity index (χ4n) is 2.51. The van der Waals surface area contributed by atoms with E-state index < -0.39 is 0 Å². The topological polar surface area (TPSA) is 33.6 Å². The first kappa shape index (κ1) is 14.0. The van der Waals surface area contributed by atoms with E-state index in [-0.39, 0.29) is 0 Å². The van der Waals surface area contributed by atoms with Gasteiger partial charge >= 0.3 is 0 Å². The molecule has 0 saturated heterocycles. The molecule has 1 N–H and O–H groups in total. The molecule has 0 amide bonds. The molecule has 0 aliphatic rings. The van der Waals surface area contributed by atoms with Gasteiger partial charge in [0, 0.05) is 6.20 Å². The zero-order chi connectivity index (χ0) is 15.0. The standard InChI is InChI=1S/C17H19N3S/c1-11(2)14-6-4-13(5-7-14)10-20-16-15(19-17(20)21)12(3)8-9-18-16/h4-9,11H,10H2,1-3H3,(H,19,21). The molecule has 3 rings (SSSR count). The first-order valence-corrected chi connectivity index (χ1v) is 7.60. The van der Waals surface area contributed by atoms with Crippen LogP contribution in [0.2, 0.25) is 0 Å². The Morgan fingerprint density at radius 3 is 2.57 bits per heavy atom. The van der Waals surface area contributed by atoms with Crippen molar-refractivity contribution in [2.75, 3.05) is 0 Å². The SMILES string of the molecule is Cc1ccnc2c1[nH]c(=S)n2Cc1ccc(C(C)C)cc1. The normalized spacial score (nSPS) is 11.4. The summed E-state index contributed by atoms with van der Waals surface area (Å²) in [6.07, 6.45) is 1.83. The molecule has 2 aromatic heterocycles. The molecule has 0 aliphatic heterocycles. The number of rotatable bonds is 3. The predicted molar refractivity (Wildman–Crippen MR) is 89.3 cm³/mol. The number of nitrogens with one attached hydrogen (secondary N) is 1. The predicted octanol–water partition coefficient (Wildman–Crippen LogP) is 4.57. The number of imidazole rings is 1. The number of benzene rings is 1. The molecule has 0 saturated carbocycles. The van der Waals surface area contributed by atoms with Crippen LogP contribution in [0.4, 0.5) is 0 Å². The number of hydrogen-bond acceptors (Lipinski definition) is 2. The van der Waals surface area contributed by atoms with Crippen LogP contribution in [0, 0.1) is 11.7 Å². The Bertz CT molecular complexity index is 825. The first-order chi connectivity index (χ1) is 10.1. The van der Waals surface area contributed by atoms with Crippen molar-refractivity contribution in [1.29, 1.82) is 0 Å². The summed E-state index contributed by atoms with van der Waals surface area (Å²) in [5.41, 5.74) is 5.71. The number of hydrogen-bond donors (Lipinski definition) is 1. The number of nitrogens with zero attached hydrogens (tertiary/aromatic N) is 2. The average Bonchev–Trinajstić information content (AvgIpc) is 2.78. The van der Waals surface area contributed by atoms with Gasteiger partial charge in [0.15, 0.2) is 10.4 Å². The van der Waals surface area contributed by atoms with E-state index in [4.69, 9.17) is 12.2 Å². The maximum absolute atomic E-state index is 5.45. The second-order valence-corrected chi connectivity index (χ2v) is 6.13. The molecule has 4 heteroatoms. The summed E-state index contributed by atoms with van der Waals surface area (Å²) in [5.74, 6) is 0.554. The Morgan fingerprint density at radius 1 is 1.19 bits per heavy atom. The lowest BCUT2D eigenvalue weighted by molar-refractivity contribution is 0.797. The first-order valence-electron chi connectivity index (χ1n) is 7.19. The number of aryl methyl sites for hydroxylation is 1. The Hall–Kier alpha value is -1.94. The van der Waals surface area contributed by atoms with Crippen molar-refractivity contribution in [3.63, 3.8) is 0 Å². The monoisotopic (exact) mass is 297 g/mol. The van der Waals surface area contributed by atoms with Gasteiger partial charge in [0.1, 0.15) is 0 Å². The molecule has 3 aromatic rings. The molecule has 3 nitrogen and oxygen atoms in total. The van der Waals surface area contributed by atoms with E-state index in [1.54, 1.807) is 0 Å². The van der Waals surface area contributed by atoms with E-state index in [1.807, 2.05) is 12.3 Å². The van der Waals surface area contributed by atoms with Gasteiger partial charge in [-0.25, -0.2) is 4.98 Å². The third kappa shape index (κ3) is 2.63. The lowest BCUT2D eigenvalue weighted by Crippen LogP contribution is -2.01. The Balaban J connectivity index is 2.00. The van der Waals surface area contributed by atoms with Gasteiger partial charge in [-0.05, 0) is 47.8 Å². The van der Waals surface area contributed by atoms with Gasteiger partial charge in [-0.1, -0.05) is 38.1 Å². The van der Waals surface area contributed by atoms with Crippen LogP contribution < -0.4 is 0 Å². The number of aromatic nitrogens is 3. The maximum atomic E-state index is 5.45. The van der Waals surface area contributed by atoms with Crippen LogP contribution in [-0.2, 0) is 6.54 Å². The fraction of sp³-hybridized carbons (Fsp3) is 0.294. The summed E-state index contributed by atoms with van der Waals surface area (Å²) < 4.78 is 2.78. The van der Waals surface area contributed by atoms with Crippen LogP contribution in [0.25, 0.3) is 11.2 Å². The van der Waals surface area contributed by atoms with E-state index in [0.717, 1.165) is 22.5 Å². The van der Waals surface area contributed by atoms with Crippen LogP contribution in [0.1, 0.15) is 36.5 Å². The van der Waals surface area contributed by atoms with Gasteiger partial charge in [0.25, 0.3) is 0 Å². The molecule has 1 aromatic carbocycles. The second-order valence-electron chi connectivity index (χ2n) is 5.74. The molecule has 21 heavy (non-hydrogen) atoms. The summed E-state index contributed by atoms with van der Waals surface area (Å²) in [4.78, 5) is 7.73. The third-order valence-corrected chi connectivity index (χ3v) is 4.18. The fourth-order valence-corrected chi connectivity index (χ4v) is 2.76. The van der Waals surface area contributed by atoms with E-state index in [0.29, 0.717) is 5.92 Å². The Kier molecular flexibility index (Phi) is 3.64. The van der Waals surface area contributed by atoms with Crippen LogP contribution in [0.5, 0.6) is 0 Å². The summed E-state index contributed by atoms with van der Waals surface area (Å²) in [5, 5.41) is 0. The molecule has 2 heterocycles. The molecule has 0 fully saturated rings. The molecule has 108 valence electrons. The second kappa shape index (κ2) is 5.45. The summed E-state index contributed by atoms with van der Waals surface area (Å²) >= 11 is 5.45. The van der Waals surface area contributed by atoms with E-state index in [1.165, 1.54) is 16.7 Å². The molecular formula is C17H19N3S. The Labute approximate surface area is 129 Å². The molecule has 0 unspecified atom stereocenters. The largest absolute Gasteiger partial charge is 0.329 e. The molecule has 0 atom stereocenters. The van der Waals surface area contributed by atoms with Gasteiger partial charge in [-0.15, -0.1) is 0 Å². The van der Waals surface area contributed by atoms with Crippen molar-refractivity contribution >= 4 is 23.4 Å². The lowest BCUT2D eigenvalue weighted by Gasteiger charge is -2.08. The van der Waals surface area contributed by atoms with Gasteiger partial charge < -0.3 is 4.98 Å². The average molecular weight is 297 g/mol. The van der Waals surface area contributed by atoms with Crippen molar-refractivity contribution in [2.45, 2.75) is 33.2 Å². The highest BCUT2D eigenvalue weighted by atomic mass is 32.1. The zero-order valence-corrected chi connectivity index (χ0v) is 13.4. The van der Waals surface area contributed by atoms with Gasteiger partial charge in [0.05, 0.1) is 12.1 Å². The van der Waals surface area contributed by atoms with Crippen LogP contribution in [0.15, 0.2) is 36.5 Å². The van der Waals surface area contributed by atoms with Gasteiger partial charge in [-0.2, -0.15) is 0 Å². The van der Waals surface area contributed by atoms with Crippen LogP contribution in [-0.4, -0.2) is 14.5 Å². The summed E-state index contributed by atoms with van der Waals surface area (Å²) in [7, 11) is 0. The zero-order valence-electron chi connectivity index (χ0n) is 12.6. The van der Waals surface area contributed by atoms with Crippen LogP contribution in [0.3, 0.4) is 0 Å². The van der Waals surface area contributed by atoms with Crippen LogP contribution >= 0.6 is 12.2 Å². The smallest absolute Gasteiger partial charge is 0.179 e. The number of pyridine rings is 1. The van der Waals surface area contributed by atoms with Gasteiger partial charge in [0.2, 0.25) is 0 Å². The highest BCUT2D eigenvalue weighted by Crippen LogP contribution is 2.19. The summed E-state index contributed by atoms with van der Waals surface area (Å²) in [6.45, 7) is 7.22. The molecule has 0 aliphatic carbocycles. The molecule has 0 bridgehead atoms. The van der Waals surface area contributed by atoms with E-state index in [9.17, 15) is 0 Å². The molecular weight excluding hydrogens is 278 g/mol. The van der Waals surface area contributed by atoms with Gasteiger partial charge in [-0.3, -0.25) is 4.57 Å². The van der Waals surface area contributed by atoms with E-state index >= 15 is 0 Å². The van der Waals surface area contributed by atoms with Crippen molar-refractivity contribution in [2.24, 2.45) is 0 Å². The van der Waals surface area contributed by atoms with Crippen molar-refractivity contribution in [3.8, 4) is 0 Å². The minimum absolute atomic E-state index is 0.554. The quantitative estimate of drug-likeness (QED) is 0.718. The van der Waals surface area contributed by atoms with Crippen molar-refractivity contribution < 1.29 is 0 Å². The lowest BCUT2D eigenvalue weighted by atomic mass is 10.0. The highest BCUT2D eigenvalue weighted by molar-refractivity contribution is 7.71. The minimum atomic E-state index is 0.554. The van der Waals surface area contributed by atoms with Crippen molar-refractivity contribution in [3.05, 3.63) is 58.0 Å². The highest BCUT2D eigenvalue weighted by Gasteiger charge is 2.08. The minimum Gasteiger partial charge on any atom is -0.329 e. The number of H-pyrrole nitrogens is 1. The van der Waals surface area contributed by atoms with Crippen molar-refractivity contribution in [1.82, 2.24) is 14.5 Å². The maximum Gasteiger partial charge on any atom is 0.179 e. The summed E-state index contributed by atoms with van der Waals surface area (Å²) in [6, 6.07) is 10.7.